The average Bonchev–Trinajstić information content (AvgIpc) is 3.20. The second-order valence-electron chi connectivity index (χ2n) is 7.50. The molecule has 4 aromatic rings. The monoisotopic (exact) mass is 447 g/mol. The number of rotatable bonds is 6. The molecular formula is C23H25N7O3. The lowest BCUT2D eigenvalue weighted by molar-refractivity contribution is 0.122. The van der Waals surface area contributed by atoms with Crippen molar-refractivity contribution in [3.05, 3.63) is 48.5 Å². The van der Waals surface area contributed by atoms with Gasteiger partial charge in [0.15, 0.2) is 17.0 Å². The summed E-state index contributed by atoms with van der Waals surface area (Å²) in [6.45, 7) is 2.68. The minimum absolute atomic E-state index is 0.334. The van der Waals surface area contributed by atoms with Crippen LogP contribution in [0, 0.1) is 0 Å². The molecule has 1 aliphatic heterocycles. The second kappa shape index (κ2) is 8.83. The van der Waals surface area contributed by atoms with Gasteiger partial charge in [-0.15, -0.1) is 0 Å². The quantitative estimate of drug-likeness (QED) is 0.460. The van der Waals surface area contributed by atoms with E-state index in [1.807, 2.05) is 53.1 Å². The summed E-state index contributed by atoms with van der Waals surface area (Å²) < 4.78 is 17.9. The third kappa shape index (κ3) is 4.08. The first kappa shape index (κ1) is 20.8. The summed E-state index contributed by atoms with van der Waals surface area (Å²) in [6, 6.07) is 15.2. The van der Waals surface area contributed by atoms with Gasteiger partial charge >= 0.3 is 0 Å². The Morgan fingerprint density at radius 2 is 1.52 bits per heavy atom. The lowest BCUT2D eigenvalue weighted by Crippen LogP contribution is -2.37. The van der Waals surface area contributed by atoms with Crippen molar-refractivity contribution < 1.29 is 14.2 Å². The van der Waals surface area contributed by atoms with Gasteiger partial charge in [-0.05, 0) is 48.5 Å². The molecule has 1 aliphatic rings. The number of anilines is 4. The third-order valence-electron chi connectivity index (χ3n) is 5.50. The largest absolute Gasteiger partial charge is 0.497 e. The van der Waals surface area contributed by atoms with Crippen LogP contribution < -0.4 is 25.4 Å². The number of nitrogens with two attached hydrogens (primary N) is 1. The molecule has 0 radical (unpaired) electrons. The van der Waals surface area contributed by atoms with Crippen molar-refractivity contribution in [3.63, 3.8) is 0 Å². The van der Waals surface area contributed by atoms with Crippen LogP contribution in [0.3, 0.4) is 0 Å². The number of aromatic nitrogens is 4. The molecule has 1 saturated heterocycles. The molecule has 0 saturated carbocycles. The summed E-state index contributed by atoms with van der Waals surface area (Å²) in [6.07, 6.45) is 0. The van der Waals surface area contributed by atoms with Gasteiger partial charge in [-0.25, -0.2) is 4.98 Å². The van der Waals surface area contributed by atoms with Gasteiger partial charge in [-0.3, -0.25) is 4.57 Å². The van der Waals surface area contributed by atoms with E-state index in [2.05, 4.69) is 15.2 Å². The van der Waals surface area contributed by atoms with E-state index in [1.54, 1.807) is 14.2 Å². The molecule has 170 valence electrons. The van der Waals surface area contributed by atoms with Crippen molar-refractivity contribution in [1.29, 1.82) is 0 Å². The zero-order valence-corrected chi connectivity index (χ0v) is 18.5. The average molecular weight is 447 g/mol. The Hall–Kier alpha value is -4.05. The van der Waals surface area contributed by atoms with Gasteiger partial charge < -0.3 is 30.2 Å². The molecule has 5 rings (SSSR count). The van der Waals surface area contributed by atoms with E-state index in [1.165, 1.54) is 0 Å². The molecule has 33 heavy (non-hydrogen) atoms. The number of ether oxygens (including phenoxy) is 3. The standard InChI is InChI=1S/C23H25N7O3/c1-31-17-7-3-15(4-8-17)25-23-27-20(29-11-13-33-14-12-29)19-21(28-23)30(22(24)26-19)16-5-9-18(32-2)10-6-16/h3-10H,11-14H2,1-2H3,(H2,24,26)(H,25,27,28). The van der Waals surface area contributed by atoms with Crippen molar-refractivity contribution >= 4 is 34.6 Å². The maximum atomic E-state index is 6.36. The van der Waals surface area contributed by atoms with E-state index in [4.69, 9.17) is 29.9 Å². The fraction of sp³-hybridized carbons (Fsp3) is 0.261. The second-order valence-corrected chi connectivity index (χ2v) is 7.50. The zero-order chi connectivity index (χ0) is 22.8. The summed E-state index contributed by atoms with van der Waals surface area (Å²) in [5.74, 6) is 3.03. The van der Waals surface area contributed by atoms with Gasteiger partial charge in [0.1, 0.15) is 11.5 Å². The van der Waals surface area contributed by atoms with Gasteiger partial charge in [0.2, 0.25) is 11.9 Å². The van der Waals surface area contributed by atoms with Gasteiger partial charge in [0.25, 0.3) is 0 Å². The summed E-state index contributed by atoms with van der Waals surface area (Å²) in [5.41, 5.74) is 9.29. The van der Waals surface area contributed by atoms with Crippen molar-refractivity contribution in [2.24, 2.45) is 0 Å². The number of hydrogen-bond acceptors (Lipinski definition) is 9. The third-order valence-corrected chi connectivity index (χ3v) is 5.50. The van der Waals surface area contributed by atoms with Crippen LogP contribution >= 0.6 is 0 Å². The fourth-order valence-corrected chi connectivity index (χ4v) is 3.80. The first-order valence-electron chi connectivity index (χ1n) is 10.6. The minimum atomic E-state index is 0.334. The molecule has 1 fully saturated rings. The van der Waals surface area contributed by atoms with Crippen LogP contribution in [0.15, 0.2) is 48.5 Å². The van der Waals surface area contributed by atoms with Crippen LogP contribution in [0.25, 0.3) is 16.9 Å². The molecule has 0 spiro atoms. The topological polar surface area (TPSA) is 113 Å². The van der Waals surface area contributed by atoms with Crippen LogP contribution in [0.4, 0.5) is 23.4 Å². The van der Waals surface area contributed by atoms with E-state index in [9.17, 15) is 0 Å². The Labute approximate surface area is 190 Å². The van der Waals surface area contributed by atoms with E-state index in [0.717, 1.165) is 28.7 Å². The molecule has 0 aliphatic carbocycles. The van der Waals surface area contributed by atoms with E-state index in [-0.39, 0.29) is 0 Å². The molecule has 3 heterocycles. The van der Waals surface area contributed by atoms with Crippen molar-refractivity contribution in [2.75, 3.05) is 56.5 Å². The van der Waals surface area contributed by atoms with Crippen LogP contribution in [-0.4, -0.2) is 60.0 Å². The predicted molar refractivity (Wildman–Crippen MR) is 127 cm³/mol. The number of methoxy groups -OCH3 is 2. The van der Waals surface area contributed by atoms with Crippen LogP contribution in [-0.2, 0) is 4.74 Å². The van der Waals surface area contributed by atoms with E-state index in [0.29, 0.717) is 49.4 Å². The van der Waals surface area contributed by atoms with Gasteiger partial charge in [-0.1, -0.05) is 0 Å². The highest BCUT2D eigenvalue weighted by Crippen LogP contribution is 2.31. The predicted octanol–water partition coefficient (Wildman–Crippen LogP) is 3.00. The first-order valence-corrected chi connectivity index (χ1v) is 10.6. The highest BCUT2D eigenvalue weighted by Gasteiger charge is 2.23. The van der Waals surface area contributed by atoms with E-state index >= 15 is 0 Å². The number of imidazole rings is 1. The van der Waals surface area contributed by atoms with Crippen molar-refractivity contribution in [3.8, 4) is 17.2 Å². The Bertz CT molecular complexity index is 1250. The van der Waals surface area contributed by atoms with Crippen LogP contribution in [0.1, 0.15) is 0 Å². The zero-order valence-electron chi connectivity index (χ0n) is 18.5. The lowest BCUT2D eigenvalue weighted by atomic mass is 10.3. The lowest BCUT2D eigenvalue weighted by Gasteiger charge is -2.28. The van der Waals surface area contributed by atoms with Crippen molar-refractivity contribution in [1.82, 2.24) is 19.5 Å². The molecule has 3 N–H and O–H groups in total. The Morgan fingerprint density at radius 3 is 2.15 bits per heavy atom. The van der Waals surface area contributed by atoms with Gasteiger partial charge in [-0.2, -0.15) is 9.97 Å². The fourth-order valence-electron chi connectivity index (χ4n) is 3.80. The Kier molecular flexibility index (Phi) is 5.57. The molecule has 0 bridgehead atoms. The molecule has 0 atom stereocenters. The normalized spacial score (nSPS) is 13.8. The molecule has 10 heteroatoms. The summed E-state index contributed by atoms with van der Waals surface area (Å²) in [7, 11) is 3.27. The SMILES string of the molecule is COc1ccc(Nc2nc(N3CCOCC3)c3nc(N)n(-c4ccc(OC)cc4)c3n2)cc1. The number of nitrogens with zero attached hydrogens (tertiary/aromatic N) is 5. The van der Waals surface area contributed by atoms with Crippen LogP contribution in [0.2, 0.25) is 0 Å². The highest BCUT2D eigenvalue weighted by molar-refractivity contribution is 5.89. The number of fused-ring (bicyclic) bond motifs is 1. The van der Waals surface area contributed by atoms with E-state index < -0.39 is 0 Å². The van der Waals surface area contributed by atoms with Gasteiger partial charge in [0.05, 0.1) is 33.1 Å². The summed E-state index contributed by atoms with van der Waals surface area (Å²) in [5, 5.41) is 3.30. The summed E-state index contributed by atoms with van der Waals surface area (Å²) in [4.78, 5) is 16.4. The number of morpholine rings is 1. The molecule has 2 aromatic carbocycles. The number of benzene rings is 2. The number of nitrogen functional groups attached to an aromatic ring is 1. The van der Waals surface area contributed by atoms with Gasteiger partial charge in [0, 0.05) is 18.8 Å². The smallest absolute Gasteiger partial charge is 0.231 e. The molecule has 0 unspecified atom stereocenters. The maximum absolute atomic E-state index is 6.36. The molecular weight excluding hydrogens is 422 g/mol. The molecule has 0 amide bonds. The van der Waals surface area contributed by atoms with Crippen molar-refractivity contribution in [2.45, 2.75) is 0 Å². The molecule has 10 nitrogen and oxygen atoms in total. The first-order chi connectivity index (χ1) is 16.2. The Balaban J connectivity index is 1.63. The number of hydrogen-bond donors (Lipinski definition) is 2. The maximum Gasteiger partial charge on any atom is 0.231 e. The van der Waals surface area contributed by atoms with Crippen LogP contribution in [0.5, 0.6) is 11.5 Å². The number of nitrogens with one attached hydrogen (secondary N) is 1. The molecule has 2 aromatic heterocycles. The summed E-state index contributed by atoms with van der Waals surface area (Å²) >= 11 is 0. The Morgan fingerprint density at radius 1 is 0.879 bits per heavy atom. The minimum Gasteiger partial charge on any atom is -0.497 e. The highest BCUT2D eigenvalue weighted by atomic mass is 16.5.